The largest absolute Gasteiger partial charge is 0.387 e. The third-order valence-electron chi connectivity index (χ3n) is 2.86. The summed E-state index contributed by atoms with van der Waals surface area (Å²) in [7, 11) is 0. The van der Waals surface area contributed by atoms with Gasteiger partial charge in [-0.3, -0.25) is 0 Å². The number of halogens is 1. The van der Waals surface area contributed by atoms with Crippen molar-refractivity contribution in [2.45, 2.75) is 18.6 Å². The Balaban J connectivity index is 0.00000162. The zero-order valence-corrected chi connectivity index (χ0v) is 10.9. The molecule has 0 fully saturated rings. The van der Waals surface area contributed by atoms with Crippen LogP contribution in [-0.4, -0.2) is 11.1 Å². The van der Waals surface area contributed by atoms with Crippen LogP contribution in [0.2, 0.25) is 0 Å². The summed E-state index contributed by atoms with van der Waals surface area (Å²) in [6.07, 6.45) is 0.0630. The molecule has 18 heavy (non-hydrogen) atoms. The second-order valence-electron chi connectivity index (χ2n) is 4.21. The minimum absolute atomic E-state index is 0. The van der Waals surface area contributed by atoms with Crippen LogP contribution in [0.15, 0.2) is 60.7 Å². The van der Waals surface area contributed by atoms with Gasteiger partial charge < -0.3 is 10.8 Å². The molecule has 0 amide bonds. The summed E-state index contributed by atoms with van der Waals surface area (Å²) in [5, 5.41) is 10.1. The van der Waals surface area contributed by atoms with Gasteiger partial charge in [0, 0.05) is 6.04 Å². The molecule has 0 heterocycles. The number of aliphatic hydroxyl groups excluding tert-OH is 1. The van der Waals surface area contributed by atoms with Gasteiger partial charge >= 0.3 is 0 Å². The molecule has 0 aliphatic carbocycles. The standard InChI is InChI=1S/C15H17NO.ClH/c16-14(11-12-7-3-1-4-8-12)15(17)13-9-5-2-6-10-13;/h1-10,14-15,17H,11,16H2;1H/t14-,15-;/m0./s1. The Morgan fingerprint density at radius 3 is 1.94 bits per heavy atom. The van der Waals surface area contributed by atoms with E-state index in [-0.39, 0.29) is 18.4 Å². The maximum Gasteiger partial charge on any atom is 0.0944 e. The fraction of sp³-hybridized carbons (Fsp3) is 0.200. The van der Waals surface area contributed by atoms with Crippen LogP contribution in [0.4, 0.5) is 0 Å². The number of hydrogen-bond donors (Lipinski definition) is 2. The third kappa shape index (κ3) is 3.84. The van der Waals surface area contributed by atoms with Gasteiger partial charge in [-0.2, -0.15) is 0 Å². The maximum absolute atomic E-state index is 10.1. The van der Waals surface area contributed by atoms with Crippen LogP contribution in [0.5, 0.6) is 0 Å². The normalized spacial score (nSPS) is 13.4. The van der Waals surface area contributed by atoms with Gasteiger partial charge in [0.05, 0.1) is 6.10 Å². The lowest BCUT2D eigenvalue weighted by molar-refractivity contribution is 0.146. The summed E-state index contributed by atoms with van der Waals surface area (Å²) in [6.45, 7) is 0. The number of nitrogens with two attached hydrogens (primary N) is 1. The highest BCUT2D eigenvalue weighted by molar-refractivity contribution is 5.85. The van der Waals surface area contributed by atoms with Gasteiger partial charge in [0.25, 0.3) is 0 Å². The molecule has 2 aromatic rings. The Bertz CT molecular complexity index is 447. The zero-order valence-electron chi connectivity index (χ0n) is 10.1. The molecular formula is C15H18ClNO. The minimum atomic E-state index is -0.614. The maximum atomic E-state index is 10.1. The molecule has 2 aromatic carbocycles. The summed E-state index contributed by atoms with van der Waals surface area (Å²) < 4.78 is 0. The average molecular weight is 264 g/mol. The van der Waals surface area contributed by atoms with E-state index in [9.17, 15) is 5.11 Å². The van der Waals surface area contributed by atoms with Crippen molar-refractivity contribution in [3.63, 3.8) is 0 Å². The van der Waals surface area contributed by atoms with Crippen LogP contribution >= 0.6 is 12.4 Å². The monoisotopic (exact) mass is 263 g/mol. The summed E-state index contributed by atoms with van der Waals surface area (Å²) in [4.78, 5) is 0. The Morgan fingerprint density at radius 2 is 1.39 bits per heavy atom. The number of benzene rings is 2. The van der Waals surface area contributed by atoms with Crippen LogP contribution in [0.3, 0.4) is 0 Å². The third-order valence-corrected chi connectivity index (χ3v) is 2.86. The van der Waals surface area contributed by atoms with E-state index >= 15 is 0 Å². The summed E-state index contributed by atoms with van der Waals surface area (Å²) in [5.74, 6) is 0. The van der Waals surface area contributed by atoms with E-state index in [0.717, 1.165) is 11.1 Å². The summed E-state index contributed by atoms with van der Waals surface area (Å²) in [6, 6.07) is 19.3. The first kappa shape index (κ1) is 14.7. The van der Waals surface area contributed by atoms with Crippen molar-refractivity contribution >= 4 is 12.4 Å². The molecule has 2 nitrogen and oxygen atoms in total. The van der Waals surface area contributed by atoms with Crippen molar-refractivity contribution in [1.29, 1.82) is 0 Å². The summed E-state index contributed by atoms with van der Waals surface area (Å²) in [5.41, 5.74) is 8.05. The Hall–Kier alpha value is -1.35. The first-order chi connectivity index (χ1) is 8.27. The van der Waals surface area contributed by atoms with Crippen LogP contribution in [0.1, 0.15) is 17.2 Å². The number of rotatable bonds is 4. The molecule has 0 radical (unpaired) electrons. The number of hydrogen-bond acceptors (Lipinski definition) is 2. The second-order valence-corrected chi connectivity index (χ2v) is 4.21. The van der Waals surface area contributed by atoms with E-state index in [2.05, 4.69) is 0 Å². The van der Waals surface area contributed by atoms with Crippen molar-refractivity contribution in [3.05, 3.63) is 71.8 Å². The Kier molecular flexibility index (Phi) is 5.86. The molecule has 0 saturated heterocycles. The van der Waals surface area contributed by atoms with E-state index in [1.54, 1.807) is 0 Å². The molecule has 0 spiro atoms. The zero-order chi connectivity index (χ0) is 12.1. The van der Waals surface area contributed by atoms with Crippen molar-refractivity contribution in [2.24, 2.45) is 5.73 Å². The highest BCUT2D eigenvalue weighted by atomic mass is 35.5. The van der Waals surface area contributed by atoms with Crippen molar-refractivity contribution in [1.82, 2.24) is 0 Å². The van der Waals surface area contributed by atoms with Crippen molar-refractivity contribution in [2.75, 3.05) is 0 Å². The lowest BCUT2D eigenvalue weighted by Crippen LogP contribution is -2.30. The molecule has 0 aromatic heterocycles. The first-order valence-corrected chi connectivity index (χ1v) is 5.80. The van der Waals surface area contributed by atoms with Gasteiger partial charge in [-0.05, 0) is 17.5 Å². The molecule has 96 valence electrons. The van der Waals surface area contributed by atoms with E-state index in [1.165, 1.54) is 0 Å². The quantitative estimate of drug-likeness (QED) is 0.891. The highest BCUT2D eigenvalue weighted by Crippen LogP contribution is 2.17. The van der Waals surface area contributed by atoms with Gasteiger partial charge in [0.15, 0.2) is 0 Å². The lowest BCUT2D eigenvalue weighted by atomic mass is 9.97. The lowest BCUT2D eigenvalue weighted by Gasteiger charge is -2.19. The fourth-order valence-corrected chi connectivity index (χ4v) is 1.90. The SMILES string of the molecule is Cl.N[C@@H](Cc1ccccc1)[C@@H](O)c1ccccc1. The van der Waals surface area contributed by atoms with Crippen LogP contribution in [0, 0.1) is 0 Å². The molecular weight excluding hydrogens is 246 g/mol. The van der Waals surface area contributed by atoms with Gasteiger partial charge in [0.2, 0.25) is 0 Å². The van der Waals surface area contributed by atoms with Crippen LogP contribution in [0.25, 0.3) is 0 Å². The van der Waals surface area contributed by atoms with Gasteiger partial charge in [-0.15, -0.1) is 12.4 Å². The molecule has 2 rings (SSSR count). The van der Waals surface area contributed by atoms with Crippen molar-refractivity contribution in [3.8, 4) is 0 Å². The second kappa shape index (κ2) is 7.17. The van der Waals surface area contributed by atoms with Crippen LogP contribution in [-0.2, 0) is 6.42 Å². The molecule has 0 aliphatic heterocycles. The first-order valence-electron chi connectivity index (χ1n) is 5.80. The van der Waals surface area contributed by atoms with Crippen molar-refractivity contribution < 1.29 is 5.11 Å². The predicted molar refractivity (Wildman–Crippen MR) is 76.8 cm³/mol. The highest BCUT2D eigenvalue weighted by Gasteiger charge is 2.16. The predicted octanol–water partition coefficient (Wildman–Crippen LogP) is 2.71. The average Bonchev–Trinajstić information content (AvgIpc) is 2.40. The van der Waals surface area contributed by atoms with Gasteiger partial charge in [0.1, 0.15) is 0 Å². The minimum Gasteiger partial charge on any atom is -0.387 e. The smallest absolute Gasteiger partial charge is 0.0944 e. The van der Waals surface area contributed by atoms with Gasteiger partial charge in [-0.25, -0.2) is 0 Å². The molecule has 0 unspecified atom stereocenters. The molecule has 3 heteroatoms. The fourth-order valence-electron chi connectivity index (χ4n) is 1.90. The molecule has 0 saturated carbocycles. The van der Waals surface area contributed by atoms with E-state index in [0.29, 0.717) is 6.42 Å². The van der Waals surface area contributed by atoms with E-state index in [4.69, 9.17) is 5.73 Å². The topological polar surface area (TPSA) is 46.2 Å². The molecule has 3 N–H and O–H groups in total. The molecule has 0 aliphatic rings. The van der Waals surface area contributed by atoms with E-state index in [1.807, 2.05) is 60.7 Å². The van der Waals surface area contributed by atoms with Gasteiger partial charge in [-0.1, -0.05) is 60.7 Å². The van der Waals surface area contributed by atoms with E-state index < -0.39 is 6.10 Å². The molecule has 2 atom stereocenters. The van der Waals surface area contributed by atoms with Crippen LogP contribution < -0.4 is 5.73 Å². The number of aliphatic hydroxyl groups is 1. The Morgan fingerprint density at radius 1 is 0.889 bits per heavy atom. The Labute approximate surface area is 114 Å². The molecule has 0 bridgehead atoms. The summed E-state index contributed by atoms with van der Waals surface area (Å²) >= 11 is 0.